The van der Waals surface area contributed by atoms with E-state index in [0.29, 0.717) is 20.5 Å². The van der Waals surface area contributed by atoms with Crippen molar-refractivity contribution in [1.82, 2.24) is 0 Å². The Morgan fingerprint density at radius 3 is 2.23 bits per heavy atom. The number of rotatable bonds is 3. The van der Waals surface area contributed by atoms with E-state index >= 15 is 0 Å². The Hall–Kier alpha value is -2.41. The molecule has 0 fully saturated rings. The van der Waals surface area contributed by atoms with Gasteiger partial charge in [-0.1, -0.05) is 48.0 Å². The number of carbonyl (C=O) groups excluding carboxylic acids is 2. The van der Waals surface area contributed by atoms with Gasteiger partial charge in [0.15, 0.2) is 0 Å². The lowest BCUT2D eigenvalue weighted by molar-refractivity contribution is 0.0604. The predicted octanol–water partition coefficient (Wildman–Crippen LogP) is 5.81. The molecule has 1 amide bonds. The summed E-state index contributed by atoms with van der Waals surface area (Å²) in [6.07, 6.45) is 0. The lowest BCUT2D eigenvalue weighted by Crippen LogP contribution is -2.13. The summed E-state index contributed by atoms with van der Waals surface area (Å²) in [5.74, 6) is -0.826. The Kier molecular flexibility index (Phi) is 4.40. The first-order valence-electron chi connectivity index (χ1n) is 7.68. The molecule has 0 saturated carbocycles. The van der Waals surface area contributed by atoms with Crippen LogP contribution in [-0.4, -0.2) is 19.0 Å². The van der Waals surface area contributed by atoms with Gasteiger partial charge in [0.2, 0.25) is 0 Å². The normalized spacial score (nSPS) is 11.0. The van der Waals surface area contributed by atoms with Crippen molar-refractivity contribution >= 4 is 71.3 Å². The highest BCUT2D eigenvalue weighted by Crippen LogP contribution is 2.39. The van der Waals surface area contributed by atoms with E-state index < -0.39 is 5.97 Å². The van der Waals surface area contributed by atoms with Gasteiger partial charge in [-0.3, -0.25) is 4.79 Å². The van der Waals surface area contributed by atoms with Gasteiger partial charge in [0.05, 0.1) is 12.1 Å². The fraction of sp³-hybridized carbons (Fsp3) is 0.0526. The lowest BCUT2D eigenvalue weighted by atomic mass is 10.1. The van der Waals surface area contributed by atoms with Crippen LogP contribution in [-0.2, 0) is 4.74 Å². The highest BCUT2D eigenvalue weighted by molar-refractivity contribution is 7.24. The number of methoxy groups -OCH3 is 1. The number of fused-ring (bicyclic) bond motifs is 2. The second kappa shape index (κ2) is 6.72. The minimum Gasteiger partial charge on any atom is -0.465 e. The van der Waals surface area contributed by atoms with Crippen molar-refractivity contribution in [2.75, 3.05) is 12.4 Å². The molecule has 2 heterocycles. The van der Waals surface area contributed by atoms with Crippen molar-refractivity contribution in [3.63, 3.8) is 0 Å². The molecule has 2 aromatic carbocycles. The smallest absolute Gasteiger partial charge is 0.341 e. The first-order valence-corrected chi connectivity index (χ1v) is 9.69. The summed E-state index contributed by atoms with van der Waals surface area (Å²) in [4.78, 5) is 25.5. The second-order valence-corrected chi connectivity index (χ2v) is 7.97. The van der Waals surface area contributed by atoms with Crippen molar-refractivity contribution in [2.24, 2.45) is 0 Å². The number of hydrogen-bond donors (Lipinski definition) is 1. The summed E-state index contributed by atoms with van der Waals surface area (Å²) in [5, 5.41) is 5.31. The van der Waals surface area contributed by atoms with E-state index in [2.05, 4.69) is 5.32 Å². The summed E-state index contributed by atoms with van der Waals surface area (Å²) in [6, 6.07) is 15.0. The van der Waals surface area contributed by atoms with Crippen LogP contribution in [0.25, 0.3) is 20.2 Å². The van der Waals surface area contributed by atoms with E-state index in [1.807, 2.05) is 48.5 Å². The summed E-state index contributed by atoms with van der Waals surface area (Å²) in [5.41, 5.74) is 0.360. The van der Waals surface area contributed by atoms with E-state index in [-0.39, 0.29) is 5.91 Å². The molecular weight excluding hydrogens is 390 g/mol. The molecule has 4 rings (SSSR count). The van der Waals surface area contributed by atoms with E-state index in [0.717, 1.165) is 20.2 Å². The van der Waals surface area contributed by atoms with Crippen molar-refractivity contribution in [1.29, 1.82) is 0 Å². The van der Waals surface area contributed by atoms with Gasteiger partial charge in [0.1, 0.15) is 15.4 Å². The molecule has 0 spiro atoms. The Labute approximate surface area is 162 Å². The number of hydrogen-bond acceptors (Lipinski definition) is 5. The fourth-order valence-corrected chi connectivity index (χ4v) is 5.26. The number of halogens is 1. The van der Waals surface area contributed by atoms with Crippen molar-refractivity contribution in [2.45, 2.75) is 0 Å². The van der Waals surface area contributed by atoms with Gasteiger partial charge >= 0.3 is 5.97 Å². The van der Waals surface area contributed by atoms with Crippen LogP contribution in [0.4, 0.5) is 5.00 Å². The number of amides is 1. The molecule has 4 aromatic rings. The summed E-state index contributed by atoms with van der Waals surface area (Å²) in [6.45, 7) is 0. The number of ether oxygens (including phenoxy) is 1. The third-order valence-corrected chi connectivity index (χ3v) is 6.71. The first kappa shape index (κ1) is 17.0. The molecule has 0 radical (unpaired) electrons. The largest absolute Gasteiger partial charge is 0.465 e. The summed E-state index contributed by atoms with van der Waals surface area (Å²) >= 11 is 9.04. The molecule has 4 nitrogen and oxygen atoms in total. The third-order valence-electron chi connectivity index (χ3n) is 3.95. The topological polar surface area (TPSA) is 55.4 Å². The zero-order valence-corrected chi connectivity index (χ0v) is 15.9. The van der Waals surface area contributed by atoms with Gasteiger partial charge in [-0.15, -0.1) is 22.7 Å². The van der Waals surface area contributed by atoms with Crippen LogP contribution >= 0.6 is 34.3 Å². The number of esters is 1. The lowest BCUT2D eigenvalue weighted by Gasteiger charge is -2.05. The number of thiophene rings is 2. The minimum atomic E-state index is -0.486. The fourth-order valence-electron chi connectivity index (χ4n) is 2.76. The third kappa shape index (κ3) is 2.76. The van der Waals surface area contributed by atoms with E-state index in [4.69, 9.17) is 16.3 Å². The zero-order chi connectivity index (χ0) is 18.3. The monoisotopic (exact) mass is 401 g/mol. The van der Waals surface area contributed by atoms with Crippen LogP contribution in [0.2, 0.25) is 5.02 Å². The molecule has 0 unspecified atom stereocenters. The van der Waals surface area contributed by atoms with Crippen LogP contribution in [0.5, 0.6) is 0 Å². The van der Waals surface area contributed by atoms with Crippen LogP contribution < -0.4 is 5.32 Å². The number of nitrogens with one attached hydrogen (secondary N) is 1. The highest BCUT2D eigenvalue weighted by Gasteiger charge is 2.23. The number of benzene rings is 2. The van der Waals surface area contributed by atoms with Crippen molar-refractivity contribution in [3.8, 4) is 0 Å². The maximum atomic E-state index is 12.8. The van der Waals surface area contributed by atoms with E-state index in [9.17, 15) is 9.59 Å². The Balaban J connectivity index is 1.78. The van der Waals surface area contributed by atoms with Gasteiger partial charge in [-0.05, 0) is 12.1 Å². The van der Waals surface area contributed by atoms with Gasteiger partial charge in [-0.2, -0.15) is 0 Å². The molecule has 0 aliphatic heterocycles. The average molecular weight is 402 g/mol. The predicted molar refractivity (Wildman–Crippen MR) is 108 cm³/mol. The summed E-state index contributed by atoms with van der Waals surface area (Å²) < 4.78 is 6.73. The molecule has 0 aliphatic rings. The second-order valence-electron chi connectivity index (χ2n) is 5.49. The quantitative estimate of drug-likeness (QED) is 0.441. The number of anilines is 1. The molecular formula is C19H12ClNO3S2. The van der Waals surface area contributed by atoms with Gasteiger partial charge < -0.3 is 10.1 Å². The van der Waals surface area contributed by atoms with Crippen LogP contribution in [0.15, 0.2) is 48.5 Å². The zero-order valence-electron chi connectivity index (χ0n) is 13.5. The van der Waals surface area contributed by atoms with Crippen LogP contribution in [0.1, 0.15) is 20.0 Å². The molecule has 7 heteroatoms. The van der Waals surface area contributed by atoms with Gasteiger partial charge in [0.25, 0.3) is 5.91 Å². The average Bonchev–Trinajstić information content (AvgIpc) is 3.19. The minimum absolute atomic E-state index is 0.340. The Morgan fingerprint density at radius 1 is 0.962 bits per heavy atom. The highest BCUT2D eigenvalue weighted by atomic mass is 35.5. The molecule has 130 valence electrons. The first-order chi connectivity index (χ1) is 12.6. The van der Waals surface area contributed by atoms with Crippen LogP contribution in [0.3, 0.4) is 0 Å². The molecule has 0 atom stereocenters. The molecule has 0 aliphatic carbocycles. The molecule has 2 aromatic heterocycles. The molecule has 0 bridgehead atoms. The SMILES string of the molecule is COC(=O)c1c(NC(=O)c2sc3ccccc3c2Cl)sc2ccccc12. The van der Waals surface area contributed by atoms with E-state index in [1.54, 1.807) is 0 Å². The van der Waals surface area contributed by atoms with Crippen LogP contribution in [0, 0.1) is 0 Å². The van der Waals surface area contributed by atoms with Gasteiger partial charge in [-0.25, -0.2) is 4.79 Å². The van der Waals surface area contributed by atoms with E-state index in [1.165, 1.54) is 29.8 Å². The Morgan fingerprint density at radius 2 is 1.58 bits per heavy atom. The number of carbonyl (C=O) groups is 2. The maximum absolute atomic E-state index is 12.8. The van der Waals surface area contributed by atoms with Gasteiger partial charge in [0, 0.05) is 20.2 Å². The molecule has 1 N–H and O–H groups in total. The van der Waals surface area contributed by atoms with Crippen molar-refractivity contribution in [3.05, 3.63) is 64.0 Å². The molecule has 0 saturated heterocycles. The standard InChI is InChI=1S/C19H12ClNO3S2/c1-24-19(23)14-10-6-2-4-8-12(10)26-18(14)21-17(22)16-15(20)11-7-3-5-9-13(11)25-16/h2-9H,1H3,(H,21,22). The summed E-state index contributed by atoms with van der Waals surface area (Å²) in [7, 11) is 1.32. The maximum Gasteiger partial charge on any atom is 0.341 e. The Bertz CT molecular complexity index is 1160. The molecule has 26 heavy (non-hydrogen) atoms. The van der Waals surface area contributed by atoms with Crippen molar-refractivity contribution < 1.29 is 14.3 Å².